The molecule has 0 bridgehead atoms. The van der Waals surface area contributed by atoms with Gasteiger partial charge in [-0.3, -0.25) is 4.79 Å². The second kappa shape index (κ2) is 10.7. The van der Waals surface area contributed by atoms with Gasteiger partial charge < -0.3 is 28.4 Å². The van der Waals surface area contributed by atoms with Gasteiger partial charge in [-0.05, 0) is 37.8 Å². The van der Waals surface area contributed by atoms with Crippen LogP contribution in [-0.2, 0) is 28.5 Å². The molecule has 1 aromatic carbocycles. The van der Waals surface area contributed by atoms with Gasteiger partial charge in [0.15, 0.2) is 0 Å². The number of benzene rings is 1. The van der Waals surface area contributed by atoms with Gasteiger partial charge in [-0.1, -0.05) is 18.2 Å². The van der Waals surface area contributed by atoms with Crippen molar-refractivity contribution in [1.29, 1.82) is 0 Å². The number of ether oxygens (including phenoxy) is 6. The minimum Gasteiger partial charge on any atom is -0.462 e. The van der Waals surface area contributed by atoms with Crippen LogP contribution in [0.4, 0.5) is 0 Å². The molecule has 0 radical (unpaired) electrons. The van der Waals surface area contributed by atoms with Crippen molar-refractivity contribution in [3.8, 4) is 5.75 Å². The number of esters is 1. The highest BCUT2D eigenvalue weighted by Gasteiger charge is 2.43. The fourth-order valence-electron chi connectivity index (χ4n) is 4.61. The van der Waals surface area contributed by atoms with Crippen molar-refractivity contribution in [3.63, 3.8) is 0 Å². The molecule has 0 saturated carbocycles. The highest BCUT2D eigenvalue weighted by atomic mass is 32.1. The topological polar surface area (TPSA) is 72.5 Å². The number of thiocarbonyl (C=S) groups is 1. The zero-order valence-corrected chi connectivity index (χ0v) is 18.6. The van der Waals surface area contributed by atoms with Crippen LogP contribution >= 0.6 is 12.2 Å². The van der Waals surface area contributed by atoms with E-state index >= 15 is 0 Å². The normalized spacial score (nSPS) is 33.5. The van der Waals surface area contributed by atoms with Crippen LogP contribution in [0.2, 0.25) is 0 Å². The monoisotopic (exact) mass is 450 g/mol. The number of carbonyl (C=O) groups excluding carboxylic acids is 1. The molecular weight excluding hydrogens is 420 g/mol. The lowest BCUT2D eigenvalue weighted by atomic mass is 9.95. The summed E-state index contributed by atoms with van der Waals surface area (Å²) in [5.74, 6) is 0.268. The molecule has 3 heterocycles. The lowest BCUT2D eigenvalue weighted by Crippen LogP contribution is -2.49. The van der Waals surface area contributed by atoms with E-state index in [4.69, 9.17) is 40.6 Å². The third-order valence-corrected chi connectivity index (χ3v) is 6.10. The molecule has 3 saturated heterocycles. The molecule has 0 spiro atoms. The van der Waals surface area contributed by atoms with Crippen molar-refractivity contribution in [2.75, 3.05) is 13.2 Å². The second-order valence-corrected chi connectivity index (χ2v) is 8.60. The summed E-state index contributed by atoms with van der Waals surface area (Å²) in [4.78, 5) is 11.8. The van der Waals surface area contributed by atoms with E-state index in [-0.39, 0.29) is 41.7 Å². The van der Waals surface area contributed by atoms with Crippen molar-refractivity contribution < 1.29 is 33.2 Å². The predicted octanol–water partition coefficient (Wildman–Crippen LogP) is 3.57. The molecule has 3 aliphatic heterocycles. The Morgan fingerprint density at radius 2 is 1.71 bits per heavy atom. The van der Waals surface area contributed by atoms with Gasteiger partial charge >= 0.3 is 11.2 Å². The minimum absolute atomic E-state index is 0.0126. The standard InChI is InChI=1S/C23H30O7S/c1-15(24)27-17-13-20-18(9-5-11-25-20)29-19-10-6-12-26-22(19)21(14-17)30-23(31)28-16-7-3-2-4-8-16/h2-4,7-8,17-22H,5-6,9-14H2,1H3/t17-,18-,19+,20+,21-,22+/m1/s1. The number of para-hydroxylation sites is 1. The molecule has 0 aromatic heterocycles. The fourth-order valence-corrected chi connectivity index (χ4v) is 4.83. The third kappa shape index (κ3) is 6.16. The van der Waals surface area contributed by atoms with Gasteiger partial charge in [-0.2, -0.15) is 0 Å². The predicted molar refractivity (Wildman–Crippen MR) is 116 cm³/mol. The van der Waals surface area contributed by atoms with E-state index < -0.39 is 6.10 Å². The first-order valence-electron chi connectivity index (χ1n) is 11.1. The molecule has 1 aromatic rings. The maximum atomic E-state index is 11.8. The molecular formula is C23H30O7S. The van der Waals surface area contributed by atoms with E-state index in [0.29, 0.717) is 31.8 Å². The summed E-state index contributed by atoms with van der Waals surface area (Å²) >= 11 is 5.38. The molecule has 4 rings (SSSR count). The van der Waals surface area contributed by atoms with Crippen molar-refractivity contribution in [2.45, 2.75) is 82.1 Å². The minimum atomic E-state index is -0.467. The van der Waals surface area contributed by atoms with Gasteiger partial charge in [-0.25, -0.2) is 0 Å². The molecule has 3 fully saturated rings. The van der Waals surface area contributed by atoms with E-state index in [1.807, 2.05) is 30.3 Å². The first-order chi connectivity index (χ1) is 15.1. The van der Waals surface area contributed by atoms with Crippen LogP contribution in [0.25, 0.3) is 0 Å². The summed E-state index contributed by atoms with van der Waals surface area (Å²) in [5.41, 5.74) is 0. The number of carbonyl (C=O) groups is 1. The van der Waals surface area contributed by atoms with Crippen molar-refractivity contribution in [3.05, 3.63) is 30.3 Å². The first-order valence-corrected chi connectivity index (χ1v) is 11.5. The SMILES string of the molecule is CC(=O)O[C@@H]1C[C@@H]2OCCC[C@H]2O[C@H]2CCCO[C@@H]2[C@H](OC(=S)Oc2ccccc2)C1. The quantitative estimate of drug-likeness (QED) is 0.511. The van der Waals surface area contributed by atoms with Crippen molar-refractivity contribution in [1.82, 2.24) is 0 Å². The lowest BCUT2D eigenvalue weighted by Gasteiger charge is -2.39. The van der Waals surface area contributed by atoms with Crippen LogP contribution in [0.5, 0.6) is 5.75 Å². The average Bonchev–Trinajstić information content (AvgIpc) is 2.80. The molecule has 0 unspecified atom stereocenters. The molecule has 0 amide bonds. The summed E-state index contributed by atoms with van der Waals surface area (Å²) in [6.07, 6.45) is 3.15. The maximum Gasteiger partial charge on any atom is 0.358 e. The van der Waals surface area contributed by atoms with E-state index in [2.05, 4.69) is 0 Å². The van der Waals surface area contributed by atoms with Gasteiger partial charge in [0.25, 0.3) is 0 Å². The van der Waals surface area contributed by atoms with Crippen molar-refractivity contribution >= 4 is 23.4 Å². The molecule has 8 heteroatoms. The number of rotatable bonds is 3. The Labute approximate surface area is 188 Å². The lowest BCUT2D eigenvalue weighted by molar-refractivity contribution is -0.190. The Kier molecular flexibility index (Phi) is 7.76. The van der Waals surface area contributed by atoms with E-state index in [0.717, 1.165) is 25.7 Å². The van der Waals surface area contributed by atoms with Crippen LogP contribution in [-0.4, -0.2) is 61.0 Å². The number of hydrogen-bond acceptors (Lipinski definition) is 8. The highest BCUT2D eigenvalue weighted by molar-refractivity contribution is 7.79. The summed E-state index contributed by atoms with van der Waals surface area (Å²) < 4.78 is 36.1. The fraction of sp³-hybridized carbons (Fsp3) is 0.652. The molecule has 0 N–H and O–H groups in total. The number of hydrogen-bond donors (Lipinski definition) is 0. The average molecular weight is 451 g/mol. The van der Waals surface area contributed by atoms with Gasteiger partial charge in [-0.15, -0.1) is 0 Å². The summed E-state index contributed by atoms with van der Waals surface area (Å²) in [5, 5.41) is 0.0126. The summed E-state index contributed by atoms with van der Waals surface area (Å²) in [6.45, 7) is 2.73. The van der Waals surface area contributed by atoms with Crippen LogP contribution < -0.4 is 4.74 Å². The van der Waals surface area contributed by atoms with Crippen LogP contribution in [0.3, 0.4) is 0 Å². The maximum absolute atomic E-state index is 11.8. The largest absolute Gasteiger partial charge is 0.462 e. The molecule has 6 atom stereocenters. The van der Waals surface area contributed by atoms with Crippen LogP contribution in [0.1, 0.15) is 45.4 Å². The Balaban J connectivity index is 1.54. The summed E-state index contributed by atoms with van der Waals surface area (Å²) in [6, 6.07) is 9.25. The Morgan fingerprint density at radius 1 is 0.968 bits per heavy atom. The van der Waals surface area contributed by atoms with Crippen LogP contribution in [0, 0.1) is 0 Å². The summed E-state index contributed by atoms with van der Waals surface area (Å²) in [7, 11) is 0. The molecule has 31 heavy (non-hydrogen) atoms. The van der Waals surface area contributed by atoms with Gasteiger partial charge in [0.1, 0.15) is 24.1 Å². The third-order valence-electron chi connectivity index (χ3n) is 5.92. The van der Waals surface area contributed by atoms with Gasteiger partial charge in [0.05, 0.1) is 18.3 Å². The number of fused-ring (bicyclic) bond motifs is 2. The molecule has 170 valence electrons. The van der Waals surface area contributed by atoms with Gasteiger partial charge in [0.2, 0.25) is 0 Å². The van der Waals surface area contributed by atoms with E-state index in [1.54, 1.807) is 0 Å². The zero-order chi connectivity index (χ0) is 21.6. The van der Waals surface area contributed by atoms with E-state index in [1.165, 1.54) is 6.92 Å². The second-order valence-electron chi connectivity index (χ2n) is 8.27. The van der Waals surface area contributed by atoms with Gasteiger partial charge in [0, 0.05) is 45.2 Å². The first kappa shape index (κ1) is 22.5. The Morgan fingerprint density at radius 3 is 2.48 bits per heavy atom. The van der Waals surface area contributed by atoms with Crippen LogP contribution in [0.15, 0.2) is 30.3 Å². The molecule has 3 aliphatic rings. The molecule has 0 aliphatic carbocycles. The Hall–Kier alpha value is -1.74. The highest BCUT2D eigenvalue weighted by Crippen LogP contribution is 2.33. The van der Waals surface area contributed by atoms with E-state index in [9.17, 15) is 4.79 Å². The Bertz CT molecular complexity index is 743. The van der Waals surface area contributed by atoms with Crippen molar-refractivity contribution in [2.24, 2.45) is 0 Å². The molecule has 7 nitrogen and oxygen atoms in total. The zero-order valence-electron chi connectivity index (χ0n) is 17.8. The smallest absolute Gasteiger partial charge is 0.358 e.